The fraction of sp³-hybridized carbons (Fsp3) is 0.500. The zero-order valence-electron chi connectivity index (χ0n) is 11.7. The van der Waals surface area contributed by atoms with Gasteiger partial charge in [0.2, 0.25) is 0 Å². The molecule has 1 fully saturated rings. The lowest BCUT2D eigenvalue weighted by atomic mass is 9.87. The normalized spacial score (nSPS) is 16.4. The molecular weight excluding hydrogens is 258 g/mol. The first-order chi connectivity index (χ1) is 9.49. The number of aliphatic carboxylic acids is 1. The van der Waals surface area contributed by atoms with Crippen LogP contribution in [0.1, 0.15) is 12.6 Å². The Morgan fingerprint density at radius 2 is 2.20 bits per heavy atom. The lowest BCUT2D eigenvalue weighted by molar-refractivity contribution is -0.144. The molecule has 1 aromatic heterocycles. The Morgan fingerprint density at radius 1 is 1.50 bits per heavy atom. The van der Waals surface area contributed by atoms with Crippen LogP contribution in [-0.4, -0.2) is 52.0 Å². The molecule has 1 aliphatic rings. The summed E-state index contributed by atoms with van der Waals surface area (Å²) in [5.41, 5.74) is 0.833. The maximum absolute atomic E-state index is 12.1. The van der Waals surface area contributed by atoms with Gasteiger partial charge in [-0.2, -0.15) is 0 Å². The van der Waals surface area contributed by atoms with Crippen LogP contribution in [-0.2, 0) is 11.3 Å². The summed E-state index contributed by atoms with van der Waals surface area (Å²) in [5, 5.41) is 8.92. The van der Waals surface area contributed by atoms with Crippen LogP contribution in [0.3, 0.4) is 0 Å². The second kappa shape index (κ2) is 5.90. The number of aromatic nitrogens is 1. The Labute approximate surface area is 118 Å². The third-order valence-corrected chi connectivity index (χ3v) is 3.73. The molecule has 1 aromatic rings. The third kappa shape index (κ3) is 3.07. The number of likely N-dealkylation sites (tertiary alicyclic amines) is 1. The van der Waals surface area contributed by atoms with E-state index >= 15 is 0 Å². The van der Waals surface area contributed by atoms with Crippen LogP contribution >= 0.6 is 0 Å². The van der Waals surface area contributed by atoms with Gasteiger partial charge in [0.05, 0.1) is 18.2 Å². The Morgan fingerprint density at radius 3 is 2.75 bits per heavy atom. The first-order valence-electron chi connectivity index (χ1n) is 6.61. The Balaban J connectivity index is 1.83. The lowest BCUT2D eigenvalue weighted by Gasteiger charge is -2.42. The van der Waals surface area contributed by atoms with Gasteiger partial charge >= 0.3 is 12.0 Å². The van der Waals surface area contributed by atoms with Crippen molar-refractivity contribution in [3.05, 3.63) is 30.1 Å². The number of pyridine rings is 1. The minimum absolute atomic E-state index is 0.0553. The van der Waals surface area contributed by atoms with Crippen molar-refractivity contribution in [3.63, 3.8) is 0 Å². The average Bonchev–Trinajstić information content (AvgIpc) is 2.37. The highest BCUT2D eigenvalue weighted by atomic mass is 16.4. The van der Waals surface area contributed by atoms with E-state index in [9.17, 15) is 9.59 Å². The number of carboxylic acid groups (broad SMARTS) is 1. The van der Waals surface area contributed by atoms with Gasteiger partial charge < -0.3 is 14.9 Å². The number of amides is 2. The molecule has 2 heterocycles. The third-order valence-electron chi connectivity index (χ3n) is 3.73. The number of rotatable bonds is 4. The molecule has 1 N–H and O–H groups in total. The van der Waals surface area contributed by atoms with Crippen molar-refractivity contribution in [2.45, 2.75) is 13.5 Å². The van der Waals surface area contributed by atoms with Crippen LogP contribution < -0.4 is 0 Å². The summed E-state index contributed by atoms with van der Waals surface area (Å²) >= 11 is 0. The fourth-order valence-corrected chi connectivity index (χ4v) is 2.23. The van der Waals surface area contributed by atoms with Gasteiger partial charge in [0.25, 0.3) is 0 Å². The molecule has 0 radical (unpaired) electrons. The van der Waals surface area contributed by atoms with E-state index in [1.807, 2.05) is 18.2 Å². The van der Waals surface area contributed by atoms with Crippen LogP contribution in [0.2, 0.25) is 0 Å². The number of carboxylic acids is 1. The van der Waals surface area contributed by atoms with Crippen molar-refractivity contribution < 1.29 is 14.7 Å². The maximum atomic E-state index is 12.1. The summed E-state index contributed by atoms with van der Waals surface area (Å²) in [4.78, 5) is 30.5. The zero-order valence-corrected chi connectivity index (χ0v) is 11.7. The predicted octanol–water partition coefficient (Wildman–Crippen LogP) is 1.29. The van der Waals surface area contributed by atoms with Crippen LogP contribution in [0.25, 0.3) is 0 Å². The van der Waals surface area contributed by atoms with Gasteiger partial charge in [0, 0.05) is 32.3 Å². The molecule has 1 aliphatic heterocycles. The smallest absolute Gasteiger partial charge is 0.320 e. The number of urea groups is 1. The monoisotopic (exact) mass is 277 g/mol. The molecule has 2 amide bonds. The quantitative estimate of drug-likeness (QED) is 0.900. The minimum Gasteiger partial charge on any atom is -0.481 e. The van der Waals surface area contributed by atoms with Gasteiger partial charge in [-0.1, -0.05) is 13.0 Å². The van der Waals surface area contributed by atoms with E-state index in [4.69, 9.17) is 5.11 Å². The lowest BCUT2D eigenvalue weighted by Crippen LogP contribution is -2.56. The van der Waals surface area contributed by atoms with Crippen LogP contribution in [0.4, 0.5) is 4.79 Å². The summed E-state index contributed by atoms with van der Waals surface area (Å²) in [5.74, 6) is -1.15. The Kier molecular flexibility index (Phi) is 4.22. The van der Waals surface area contributed by atoms with E-state index in [-0.39, 0.29) is 11.9 Å². The van der Waals surface area contributed by atoms with E-state index in [1.54, 1.807) is 30.0 Å². The van der Waals surface area contributed by atoms with E-state index < -0.39 is 11.9 Å². The molecule has 2 rings (SSSR count). The second-order valence-electron chi connectivity index (χ2n) is 5.25. The predicted molar refractivity (Wildman–Crippen MR) is 73.0 cm³/mol. The number of nitrogens with zero attached hydrogens (tertiary/aromatic N) is 3. The van der Waals surface area contributed by atoms with Crippen molar-refractivity contribution in [2.24, 2.45) is 11.8 Å². The van der Waals surface area contributed by atoms with Gasteiger partial charge in [0.15, 0.2) is 0 Å². The van der Waals surface area contributed by atoms with Crippen molar-refractivity contribution >= 4 is 12.0 Å². The van der Waals surface area contributed by atoms with E-state index in [2.05, 4.69) is 4.98 Å². The van der Waals surface area contributed by atoms with E-state index in [0.29, 0.717) is 19.6 Å². The summed E-state index contributed by atoms with van der Waals surface area (Å²) in [6.45, 7) is 3.17. The van der Waals surface area contributed by atoms with Gasteiger partial charge in [-0.15, -0.1) is 0 Å². The summed E-state index contributed by atoms with van der Waals surface area (Å²) in [7, 11) is 1.73. The first-order valence-corrected chi connectivity index (χ1v) is 6.61. The largest absolute Gasteiger partial charge is 0.481 e. The van der Waals surface area contributed by atoms with Gasteiger partial charge in [-0.3, -0.25) is 9.78 Å². The molecule has 1 unspecified atom stereocenters. The molecule has 1 saturated heterocycles. The van der Waals surface area contributed by atoms with Gasteiger partial charge in [0.1, 0.15) is 0 Å². The number of hydrogen-bond donors (Lipinski definition) is 1. The summed E-state index contributed by atoms with van der Waals surface area (Å²) < 4.78 is 0. The van der Waals surface area contributed by atoms with Crippen LogP contribution in [0, 0.1) is 11.8 Å². The fourth-order valence-electron chi connectivity index (χ4n) is 2.23. The minimum atomic E-state index is -0.802. The molecule has 0 aliphatic carbocycles. The molecule has 0 spiro atoms. The summed E-state index contributed by atoms with van der Waals surface area (Å²) in [6.07, 6.45) is 1.70. The van der Waals surface area contributed by atoms with Crippen LogP contribution in [0.15, 0.2) is 24.4 Å². The topological polar surface area (TPSA) is 73.7 Å². The average molecular weight is 277 g/mol. The Hall–Kier alpha value is -2.11. The molecule has 6 heteroatoms. The van der Waals surface area contributed by atoms with E-state index in [1.165, 1.54) is 0 Å². The molecule has 0 aromatic carbocycles. The number of hydrogen-bond acceptors (Lipinski definition) is 3. The maximum Gasteiger partial charge on any atom is 0.320 e. The highest BCUT2D eigenvalue weighted by Gasteiger charge is 2.38. The van der Waals surface area contributed by atoms with Crippen molar-refractivity contribution in [1.29, 1.82) is 0 Å². The number of carbonyl (C=O) groups excluding carboxylic acids is 1. The number of carbonyl (C=O) groups is 2. The molecule has 108 valence electrons. The molecule has 0 bridgehead atoms. The van der Waals surface area contributed by atoms with Gasteiger partial charge in [-0.05, 0) is 12.1 Å². The van der Waals surface area contributed by atoms with Crippen molar-refractivity contribution in [3.8, 4) is 0 Å². The highest BCUT2D eigenvalue weighted by Crippen LogP contribution is 2.25. The molecule has 6 nitrogen and oxygen atoms in total. The summed E-state index contributed by atoms with van der Waals surface area (Å²) in [6, 6.07) is 5.51. The zero-order chi connectivity index (χ0) is 14.7. The van der Waals surface area contributed by atoms with Crippen LogP contribution in [0.5, 0.6) is 0 Å². The van der Waals surface area contributed by atoms with E-state index in [0.717, 1.165) is 5.69 Å². The molecule has 1 atom stereocenters. The Bertz CT molecular complexity index is 486. The van der Waals surface area contributed by atoms with Gasteiger partial charge in [-0.25, -0.2) is 4.79 Å². The standard InChI is InChI=1S/C14H19N3O3/c1-10(13(18)19)11-7-17(8-11)14(20)16(2)9-12-5-3-4-6-15-12/h3-6,10-11H,7-9H2,1-2H3,(H,18,19). The first kappa shape index (κ1) is 14.3. The molecule has 0 saturated carbocycles. The SMILES string of the molecule is CC(C(=O)O)C1CN(C(=O)N(C)Cc2ccccn2)C1. The van der Waals surface area contributed by atoms with Crippen molar-refractivity contribution in [1.82, 2.24) is 14.8 Å². The second-order valence-corrected chi connectivity index (χ2v) is 5.25. The molecular formula is C14H19N3O3. The van der Waals surface area contributed by atoms with Crippen molar-refractivity contribution in [2.75, 3.05) is 20.1 Å². The highest BCUT2D eigenvalue weighted by molar-refractivity contribution is 5.76. The molecule has 20 heavy (non-hydrogen) atoms.